The third kappa shape index (κ3) is 3.63. The summed E-state index contributed by atoms with van der Waals surface area (Å²) in [5.74, 6) is -0.142. The highest BCUT2D eigenvalue weighted by Crippen LogP contribution is 2.29. The minimum Gasteiger partial charge on any atom is -0.397 e. The van der Waals surface area contributed by atoms with Gasteiger partial charge in [-0.05, 0) is 52.8 Å². The molecule has 0 fully saturated rings. The van der Waals surface area contributed by atoms with Crippen molar-refractivity contribution >= 4 is 17.3 Å². The number of carbonyl (C=O) groups excluding carboxylic acids is 1. The summed E-state index contributed by atoms with van der Waals surface area (Å²) in [5.41, 5.74) is 6.11. The number of nitrogens with one attached hydrogen (secondary N) is 2. The van der Waals surface area contributed by atoms with Crippen molar-refractivity contribution in [3.63, 3.8) is 0 Å². The number of rotatable bonds is 5. The molecule has 0 saturated carbocycles. The Kier molecular flexibility index (Phi) is 4.65. The van der Waals surface area contributed by atoms with Crippen LogP contribution in [0.2, 0.25) is 0 Å². The highest BCUT2D eigenvalue weighted by Gasteiger charge is 2.35. The van der Waals surface area contributed by atoms with Gasteiger partial charge in [-0.3, -0.25) is 4.79 Å². The largest absolute Gasteiger partial charge is 0.397 e. The molecule has 5 heteroatoms. The van der Waals surface area contributed by atoms with Crippen LogP contribution >= 0.6 is 0 Å². The van der Waals surface area contributed by atoms with Crippen LogP contribution < -0.4 is 16.4 Å². The summed E-state index contributed by atoms with van der Waals surface area (Å²) in [7, 11) is 0. The Balaban J connectivity index is 3.07. The molecular weight excluding hydrogens is 254 g/mol. The lowest BCUT2D eigenvalue weighted by molar-refractivity contribution is 0.0241. The van der Waals surface area contributed by atoms with Gasteiger partial charge in [-0.2, -0.15) is 0 Å². The molecule has 0 unspecified atom stereocenters. The van der Waals surface area contributed by atoms with E-state index < -0.39 is 11.1 Å². The predicted molar refractivity (Wildman–Crippen MR) is 82.9 cm³/mol. The van der Waals surface area contributed by atoms with Crippen molar-refractivity contribution in [2.24, 2.45) is 0 Å². The monoisotopic (exact) mass is 279 g/mol. The Hall–Kier alpha value is -1.75. The zero-order valence-corrected chi connectivity index (χ0v) is 12.9. The molecule has 20 heavy (non-hydrogen) atoms. The summed E-state index contributed by atoms with van der Waals surface area (Å²) in [5, 5.41) is 16.1. The van der Waals surface area contributed by atoms with Gasteiger partial charge in [-0.25, -0.2) is 0 Å². The highest BCUT2D eigenvalue weighted by molar-refractivity contribution is 5.96. The van der Waals surface area contributed by atoms with Gasteiger partial charge in [0.05, 0.1) is 22.5 Å². The maximum absolute atomic E-state index is 11.8. The first-order valence-corrected chi connectivity index (χ1v) is 6.77. The van der Waals surface area contributed by atoms with Gasteiger partial charge < -0.3 is 21.5 Å². The third-order valence-electron chi connectivity index (χ3n) is 3.63. The van der Waals surface area contributed by atoms with E-state index in [2.05, 4.69) is 10.6 Å². The van der Waals surface area contributed by atoms with Gasteiger partial charge in [-0.15, -0.1) is 0 Å². The molecule has 0 aromatic heterocycles. The van der Waals surface area contributed by atoms with Gasteiger partial charge in [-0.1, -0.05) is 0 Å². The van der Waals surface area contributed by atoms with Gasteiger partial charge in [0.2, 0.25) is 0 Å². The molecule has 112 valence electrons. The van der Waals surface area contributed by atoms with Crippen molar-refractivity contribution < 1.29 is 9.90 Å². The van der Waals surface area contributed by atoms with E-state index in [0.29, 0.717) is 23.5 Å². The zero-order valence-electron chi connectivity index (χ0n) is 12.9. The second kappa shape index (κ2) is 5.71. The van der Waals surface area contributed by atoms with Crippen LogP contribution in [0.1, 0.15) is 45.0 Å². The first-order valence-electron chi connectivity index (χ1n) is 6.77. The van der Waals surface area contributed by atoms with E-state index >= 15 is 0 Å². The molecule has 0 radical (unpaired) electrons. The number of aliphatic hydroxyl groups is 1. The lowest BCUT2D eigenvalue weighted by Gasteiger charge is -2.39. The number of hydrogen-bond donors (Lipinski definition) is 4. The fourth-order valence-electron chi connectivity index (χ4n) is 1.56. The molecule has 1 aromatic carbocycles. The topological polar surface area (TPSA) is 87.4 Å². The van der Waals surface area contributed by atoms with Gasteiger partial charge in [0.1, 0.15) is 0 Å². The number of hydrogen-bond acceptors (Lipinski definition) is 4. The molecule has 5 N–H and O–H groups in total. The molecule has 0 aliphatic rings. The smallest absolute Gasteiger partial charge is 0.251 e. The molecule has 1 aromatic rings. The minimum absolute atomic E-state index is 0.142. The summed E-state index contributed by atoms with van der Waals surface area (Å²) in [6.07, 6.45) is 0. The van der Waals surface area contributed by atoms with Gasteiger partial charge >= 0.3 is 0 Å². The van der Waals surface area contributed by atoms with Gasteiger partial charge in [0.25, 0.3) is 5.91 Å². The fraction of sp³-hybridized carbons (Fsp3) is 0.533. The zero-order chi connectivity index (χ0) is 15.6. The van der Waals surface area contributed by atoms with Crippen molar-refractivity contribution in [3.8, 4) is 0 Å². The third-order valence-corrected chi connectivity index (χ3v) is 3.63. The molecule has 1 amide bonds. The quantitative estimate of drug-likeness (QED) is 0.621. The van der Waals surface area contributed by atoms with Crippen molar-refractivity contribution in [2.75, 3.05) is 17.6 Å². The van der Waals surface area contributed by atoms with Crippen LogP contribution in [-0.4, -0.2) is 28.7 Å². The summed E-state index contributed by atoms with van der Waals surface area (Å²) in [4.78, 5) is 11.8. The lowest BCUT2D eigenvalue weighted by atomic mass is 9.85. The van der Waals surface area contributed by atoms with Crippen LogP contribution in [0.25, 0.3) is 0 Å². The van der Waals surface area contributed by atoms with E-state index in [1.807, 2.05) is 20.8 Å². The summed E-state index contributed by atoms with van der Waals surface area (Å²) >= 11 is 0. The molecule has 0 aliphatic heterocycles. The van der Waals surface area contributed by atoms with E-state index in [4.69, 9.17) is 5.73 Å². The Morgan fingerprint density at radius 3 is 2.40 bits per heavy atom. The van der Waals surface area contributed by atoms with E-state index in [1.54, 1.807) is 32.0 Å². The summed E-state index contributed by atoms with van der Waals surface area (Å²) < 4.78 is 0. The molecule has 0 saturated heterocycles. The van der Waals surface area contributed by atoms with Gasteiger partial charge in [0.15, 0.2) is 0 Å². The normalized spacial score (nSPS) is 12.1. The fourth-order valence-corrected chi connectivity index (χ4v) is 1.56. The Morgan fingerprint density at radius 1 is 1.30 bits per heavy atom. The number of amides is 1. The Morgan fingerprint density at radius 2 is 1.90 bits per heavy atom. The first kappa shape index (κ1) is 16.3. The van der Waals surface area contributed by atoms with Gasteiger partial charge in [0, 0.05) is 12.1 Å². The van der Waals surface area contributed by atoms with E-state index in [1.165, 1.54) is 0 Å². The molecular formula is C15H25N3O2. The van der Waals surface area contributed by atoms with E-state index in [9.17, 15) is 9.90 Å². The second-order valence-corrected chi connectivity index (χ2v) is 5.97. The summed E-state index contributed by atoms with van der Waals surface area (Å²) in [6, 6.07) is 5.07. The van der Waals surface area contributed by atoms with Crippen molar-refractivity contribution in [2.45, 2.75) is 45.8 Å². The maximum Gasteiger partial charge on any atom is 0.251 e. The first-order chi connectivity index (χ1) is 9.08. The Labute approximate surface area is 120 Å². The molecule has 0 atom stereocenters. The Bertz CT molecular complexity index is 490. The SMILES string of the molecule is CCNC(=O)c1ccc(N)c(NC(C)(C)C(C)(C)O)c1. The minimum atomic E-state index is -0.943. The second-order valence-electron chi connectivity index (χ2n) is 5.97. The lowest BCUT2D eigenvalue weighted by Crippen LogP contribution is -2.51. The average molecular weight is 279 g/mol. The van der Waals surface area contributed by atoms with Crippen LogP contribution in [0.15, 0.2) is 18.2 Å². The predicted octanol–water partition coefficient (Wildman–Crippen LogP) is 1.98. The molecule has 0 bridgehead atoms. The molecule has 0 aliphatic carbocycles. The van der Waals surface area contributed by atoms with Crippen LogP contribution in [-0.2, 0) is 0 Å². The number of nitrogens with two attached hydrogens (primary N) is 1. The molecule has 5 nitrogen and oxygen atoms in total. The number of nitrogen functional groups attached to an aromatic ring is 1. The molecule has 1 rings (SSSR count). The van der Waals surface area contributed by atoms with Crippen LogP contribution in [0.5, 0.6) is 0 Å². The number of anilines is 2. The van der Waals surface area contributed by atoms with Crippen LogP contribution in [0, 0.1) is 0 Å². The maximum atomic E-state index is 11.8. The van der Waals surface area contributed by atoms with Crippen molar-refractivity contribution in [1.29, 1.82) is 0 Å². The van der Waals surface area contributed by atoms with E-state index in [-0.39, 0.29) is 5.91 Å². The van der Waals surface area contributed by atoms with E-state index in [0.717, 1.165) is 0 Å². The standard InChI is InChI=1S/C15H25N3O2/c1-6-17-13(19)10-7-8-11(16)12(9-10)18-14(2,3)15(4,5)20/h7-9,18,20H,6,16H2,1-5H3,(H,17,19). The molecule has 0 heterocycles. The number of carbonyl (C=O) groups is 1. The van der Waals surface area contributed by atoms with Crippen LogP contribution in [0.4, 0.5) is 11.4 Å². The molecule has 0 spiro atoms. The van der Waals surface area contributed by atoms with Crippen LogP contribution in [0.3, 0.4) is 0 Å². The summed E-state index contributed by atoms with van der Waals surface area (Å²) in [6.45, 7) is 9.65. The van der Waals surface area contributed by atoms with Crippen molar-refractivity contribution in [3.05, 3.63) is 23.8 Å². The highest BCUT2D eigenvalue weighted by atomic mass is 16.3. The van der Waals surface area contributed by atoms with Crippen molar-refractivity contribution in [1.82, 2.24) is 5.32 Å². The number of benzene rings is 1. The average Bonchev–Trinajstić information content (AvgIpc) is 2.30.